The summed E-state index contributed by atoms with van der Waals surface area (Å²) >= 11 is 6.37. The van der Waals surface area contributed by atoms with Gasteiger partial charge in [0, 0.05) is 20.6 Å². The maximum absolute atomic E-state index is 12.6. The van der Waals surface area contributed by atoms with Crippen LogP contribution in [0.4, 0.5) is 5.82 Å². The molecule has 12 heteroatoms. The molecule has 182 valence electrons. The molecule has 1 saturated heterocycles. The minimum absolute atomic E-state index is 0.0266. The molecule has 0 radical (unpaired) electrons. The van der Waals surface area contributed by atoms with Crippen LogP contribution in [-0.2, 0) is 28.4 Å². The third-order valence-electron chi connectivity index (χ3n) is 5.10. The molecule has 1 amide bonds. The monoisotopic (exact) mass is 514 g/mol. The fraction of sp³-hybridized carbons (Fsp3) is 0.217. The van der Waals surface area contributed by atoms with Gasteiger partial charge in [-0.05, 0) is 11.6 Å². The van der Waals surface area contributed by atoms with E-state index >= 15 is 0 Å². The number of anilines is 1. The molecule has 2 N–H and O–H groups in total. The van der Waals surface area contributed by atoms with E-state index in [0.717, 1.165) is 26.5 Å². The van der Waals surface area contributed by atoms with Crippen molar-refractivity contribution in [2.24, 2.45) is 14.1 Å². The Bertz CT molecular complexity index is 1370. The van der Waals surface area contributed by atoms with Gasteiger partial charge in [0.1, 0.15) is 15.7 Å². The van der Waals surface area contributed by atoms with E-state index in [1.165, 1.54) is 19.0 Å². The third-order valence-corrected chi connectivity index (χ3v) is 6.50. The van der Waals surface area contributed by atoms with Crippen molar-refractivity contribution >= 4 is 57.9 Å². The van der Waals surface area contributed by atoms with Crippen molar-refractivity contribution < 1.29 is 19.1 Å². The molecule has 0 atom stereocenters. The van der Waals surface area contributed by atoms with Gasteiger partial charge in [-0.3, -0.25) is 33.2 Å². The van der Waals surface area contributed by atoms with Gasteiger partial charge in [-0.1, -0.05) is 66.5 Å². The van der Waals surface area contributed by atoms with E-state index in [0.29, 0.717) is 9.23 Å². The van der Waals surface area contributed by atoms with Gasteiger partial charge < -0.3 is 10.5 Å². The van der Waals surface area contributed by atoms with E-state index < -0.39 is 35.2 Å². The second kappa shape index (κ2) is 11.1. The highest BCUT2D eigenvalue weighted by molar-refractivity contribution is 8.26. The molecule has 1 aliphatic rings. The van der Waals surface area contributed by atoms with E-state index in [4.69, 9.17) is 22.7 Å². The number of hydrogen-bond acceptors (Lipinski definition) is 9. The second-order valence-electron chi connectivity index (χ2n) is 7.43. The molecule has 1 aromatic heterocycles. The van der Waals surface area contributed by atoms with Gasteiger partial charge >= 0.3 is 11.7 Å². The first kappa shape index (κ1) is 25.8. The third kappa shape index (κ3) is 5.84. The van der Waals surface area contributed by atoms with Gasteiger partial charge in [0.05, 0.1) is 11.3 Å². The molecule has 1 aliphatic heterocycles. The molecule has 0 aliphatic carbocycles. The fourth-order valence-corrected chi connectivity index (χ4v) is 4.39. The minimum Gasteiger partial charge on any atom is -0.457 e. The number of thiocarbonyl (C=S) groups is 1. The highest BCUT2D eigenvalue weighted by atomic mass is 32.2. The summed E-state index contributed by atoms with van der Waals surface area (Å²) in [4.78, 5) is 63.0. The Hall–Kier alpha value is -3.77. The molecule has 0 bridgehead atoms. The van der Waals surface area contributed by atoms with Crippen LogP contribution in [0.5, 0.6) is 0 Å². The average Bonchev–Trinajstić information content (AvgIpc) is 3.11. The van der Waals surface area contributed by atoms with Gasteiger partial charge in [-0.15, -0.1) is 0 Å². The number of carbonyl (C=O) groups excluding carboxylic acids is 3. The Kier molecular flexibility index (Phi) is 8.20. The van der Waals surface area contributed by atoms with Crippen molar-refractivity contribution in [3.63, 3.8) is 0 Å². The van der Waals surface area contributed by atoms with Crippen LogP contribution in [0.2, 0.25) is 0 Å². The summed E-state index contributed by atoms with van der Waals surface area (Å²) in [5.74, 6) is -2.25. The molecule has 3 rings (SSSR count). The van der Waals surface area contributed by atoms with Crippen LogP contribution in [0.15, 0.2) is 57.0 Å². The number of nitrogen functional groups attached to an aromatic ring is 1. The van der Waals surface area contributed by atoms with E-state index in [-0.39, 0.29) is 24.7 Å². The Morgan fingerprint density at radius 3 is 2.49 bits per heavy atom. The Labute approximate surface area is 209 Å². The smallest absolute Gasteiger partial charge is 0.332 e. The second-order valence-corrected chi connectivity index (χ2v) is 9.10. The molecule has 2 heterocycles. The Morgan fingerprint density at radius 2 is 1.80 bits per heavy atom. The molecule has 2 aromatic rings. The van der Waals surface area contributed by atoms with Crippen molar-refractivity contribution in [2.75, 3.05) is 18.9 Å². The normalized spacial score (nSPS) is 14.8. The number of nitrogens with two attached hydrogens (primary N) is 1. The summed E-state index contributed by atoms with van der Waals surface area (Å²) < 4.78 is 6.95. The molecule has 10 nitrogen and oxygen atoms in total. The molecule has 1 aromatic carbocycles. The van der Waals surface area contributed by atoms with Crippen molar-refractivity contribution in [1.82, 2.24) is 14.0 Å². The molecular weight excluding hydrogens is 492 g/mol. The van der Waals surface area contributed by atoms with E-state index in [1.54, 1.807) is 12.2 Å². The van der Waals surface area contributed by atoms with E-state index in [9.17, 15) is 24.0 Å². The van der Waals surface area contributed by atoms with Crippen molar-refractivity contribution in [3.05, 3.63) is 79.4 Å². The first-order valence-corrected chi connectivity index (χ1v) is 11.6. The van der Waals surface area contributed by atoms with Crippen LogP contribution in [0, 0.1) is 0 Å². The van der Waals surface area contributed by atoms with Crippen molar-refractivity contribution in [1.29, 1.82) is 0 Å². The maximum Gasteiger partial charge on any atom is 0.332 e. The lowest BCUT2D eigenvalue weighted by molar-refractivity contribution is -0.142. The summed E-state index contributed by atoms with van der Waals surface area (Å²) in [6.45, 7) is -0.764. The number of aromatic nitrogens is 2. The number of carbonyl (C=O) groups is 3. The number of amides is 1. The molecule has 0 saturated carbocycles. The molecule has 1 fully saturated rings. The van der Waals surface area contributed by atoms with Crippen LogP contribution in [0.25, 0.3) is 6.08 Å². The number of benzene rings is 1. The Morgan fingerprint density at radius 1 is 1.11 bits per heavy atom. The lowest BCUT2D eigenvalue weighted by Crippen LogP contribution is -2.42. The minimum atomic E-state index is -0.877. The fourth-order valence-electron chi connectivity index (χ4n) is 3.13. The number of ketones is 1. The number of nitrogens with zero attached hydrogens (tertiary/aromatic N) is 3. The first-order chi connectivity index (χ1) is 16.6. The Balaban J connectivity index is 1.56. The predicted molar refractivity (Wildman–Crippen MR) is 137 cm³/mol. The van der Waals surface area contributed by atoms with Crippen molar-refractivity contribution in [2.45, 2.75) is 6.42 Å². The zero-order valence-electron chi connectivity index (χ0n) is 18.9. The van der Waals surface area contributed by atoms with Gasteiger partial charge in [-0.25, -0.2) is 4.79 Å². The highest BCUT2D eigenvalue weighted by Crippen LogP contribution is 2.31. The van der Waals surface area contributed by atoms with Gasteiger partial charge in [0.15, 0.2) is 6.61 Å². The number of ether oxygens (including phenoxy) is 1. The average molecular weight is 515 g/mol. The summed E-state index contributed by atoms with van der Waals surface area (Å²) in [6.07, 6.45) is 5.04. The van der Waals surface area contributed by atoms with Crippen LogP contribution in [-0.4, -0.2) is 49.2 Å². The van der Waals surface area contributed by atoms with Crippen molar-refractivity contribution in [3.8, 4) is 0 Å². The zero-order chi connectivity index (χ0) is 25.7. The summed E-state index contributed by atoms with van der Waals surface area (Å²) in [5.41, 5.74) is 4.71. The van der Waals surface area contributed by atoms with Crippen LogP contribution < -0.4 is 17.0 Å². The largest absolute Gasteiger partial charge is 0.457 e. The quantitative estimate of drug-likeness (QED) is 0.239. The highest BCUT2D eigenvalue weighted by Gasteiger charge is 2.32. The SMILES string of the molecule is Cn1c(N)c(C(=O)COC(=O)CCN2C(=O)/C(=C\C=C\c3ccccc3)SC2=S)c(=O)n(C)c1=O. The number of hydrogen-bond donors (Lipinski definition) is 1. The van der Waals surface area contributed by atoms with Crippen LogP contribution in [0.1, 0.15) is 22.3 Å². The number of thioether (sulfide) groups is 1. The summed E-state index contributed by atoms with van der Waals surface area (Å²) in [5, 5.41) is 0. The lowest BCUT2D eigenvalue weighted by Gasteiger charge is -2.14. The topological polar surface area (TPSA) is 134 Å². The van der Waals surface area contributed by atoms with E-state index in [2.05, 4.69) is 0 Å². The summed E-state index contributed by atoms with van der Waals surface area (Å²) in [7, 11) is 2.52. The first-order valence-electron chi connectivity index (χ1n) is 10.3. The summed E-state index contributed by atoms with van der Waals surface area (Å²) in [6, 6.07) is 9.57. The van der Waals surface area contributed by atoms with Crippen LogP contribution >= 0.6 is 24.0 Å². The molecular formula is C23H22N4O6S2. The predicted octanol–water partition coefficient (Wildman–Crippen LogP) is 1.24. The van der Waals surface area contributed by atoms with Crippen LogP contribution in [0.3, 0.4) is 0 Å². The standard InChI is InChI=1S/C23H22N4O6S2/c1-25-19(24)18(21(31)26(2)22(25)32)15(28)13-33-17(29)11-12-27-20(30)16(35-23(27)34)10-6-9-14-7-4-3-5-8-14/h3-10H,11-13,24H2,1-2H3/b9-6+,16-10+. The number of allylic oxidation sites excluding steroid dienone is 2. The lowest BCUT2D eigenvalue weighted by atomic mass is 10.2. The van der Waals surface area contributed by atoms with Gasteiger partial charge in [0.2, 0.25) is 5.78 Å². The van der Waals surface area contributed by atoms with Gasteiger partial charge in [0.25, 0.3) is 11.5 Å². The molecule has 0 spiro atoms. The number of esters is 1. The molecule has 0 unspecified atom stereocenters. The number of Topliss-reactive ketones (excluding diaryl/α,β-unsaturated/α-hetero) is 1. The zero-order valence-corrected chi connectivity index (χ0v) is 20.6. The number of rotatable bonds is 8. The maximum atomic E-state index is 12.6. The molecule has 35 heavy (non-hydrogen) atoms. The van der Waals surface area contributed by atoms with E-state index in [1.807, 2.05) is 36.4 Å². The van der Waals surface area contributed by atoms with Gasteiger partial charge in [-0.2, -0.15) is 0 Å².